The Morgan fingerprint density at radius 1 is 1.15 bits per heavy atom. The second-order valence-electron chi connectivity index (χ2n) is 5.44. The van der Waals surface area contributed by atoms with Gasteiger partial charge >= 0.3 is 0 Å². The molecular weight excluding hydrogens is 250 g/mol. The minimum Gasteiger partial charge on any atom is -0.369 e. The number of aromatic nitrogens is 3. The van der Waals surface area contributed by atoms with Gasteiger partial charge in [-0.05, 0) is 18.4 Å². The lowest BCUT2D eigenvalue weighted by Gasteiger charge is -2.18. The number of benzene rings is 1. The zero-order valence-corrected chi connectivity index (χ0v) is 11.9. The van der Waals surface area contributed by atoms with Crippen LogP contribution in [0.3, 0.4) is 0 Å². The van der Waals surface area contributed by atoms with E-state index in [0.29, 0.717) is 5.92 Å². The fraction of sp³-hybridized carbons (Fsp3) is 0.500. The standard InChI is InChI=1S/C16H21N3O/c1-20-14(12-8-4-2-5-9-12)16-17-15(18-19-16)13-10-6-3-7-11-13/h2,4-5,8-9,13-14H,3,6-7,10-11H2,1H3,(H,17,18,19). The maximum atomic E-state index is 5.58. The molecule has 0 saturated heterocycles. The Morgan fingerprint density at radius 3 is 2.60 bits per heavy atom. The molecule has 1 aliphatic rings. The number of rotatable bonds is 4. The van der Waals surface area contributed by atoms with Gasteiger partial charge in [0.2, 0.25) is 0 Å². The monoisotopic (exact) mass is 271 g/mol. The Balaban J connectivity index is 1.81. The molecule has 1 N–H and O–H groups in total. The lowest BCUT2D eigenvalue weighted by Crippen LogP contribution is -2.08. The normalized spacial score (nSPS) is 18.1. The van der Waals surface area contributed by atoms with E-state index in [1.54, 1.807) is 7.11 Å². The van der Waals surface area contributed by atoms with Crippen LogP contribution in [0.4, 0.5) is 0 Å². The molecule has 0 aliphatic heterocycles. The van der Waals surface area contributed by atoms with Crippen LogP contribution in [0.5, 0.6) is 0 Å². The van der Waals surface area contributed by atoms with E-state index in [2.05, 4.69) is 15.2 Å². The number of hydrogen-bond acceptors (Lipinski definition) is 3. The van der Waals surface area contributed by atoms with Gasteiger partial charge in [-0.1, -0.05) is 49.6 Å². The fourth-order valence-electron chi connectivity index (χ4n) is 2.98. The molecule has 4 heteroatoms. The molecule has 1 aromatic heterocycles. The largest absolute Gasteiger partial charge is 0.369 e. The van der Waals surface area contributed by atoms with E-state index in [-0.39, 0.29) is 6.10 Å². The van der Waals surface area contributed by atoms with E-state index in [9.17, 15) is 0 Å². The Labute approximate surface area is 119 Å². The summed E-state index contributed by atoms with van der Waals surface area (Å²) in [6.07, 6.45) is 6.20. The van der Waals surface area contributed by atoms with Gasteiger partial charge in [-0.3, -0.25) is 5.10 Å². The third-order valence-electron chi connectivity index (χ3n) is 4.08. The highest BCUT2D eigenvalue weighted by Crippen LogP contribution is 2.31. The first-order chi connectivity index (χ1) is 9.88. The van der Waals surface area contributed by atoms with Crippen LogP contribution in [0.1, 0.15) is 61.3 Å². The number of H-pyrrole nitrogens is 1. The SMILES string of the molecule is COC(c1ccccc1)c1n[nH]c(C2CCCCC2)n1. The average molecular weight is 271 g/mol. The lowest BCUT2D eigenvalue weighted by molar-refractivity contribution is 0.129. The van der Waals surface area contributed by atoms with Crippen LogP contribution in [-0.4, -0.2) is 22.3 Å². The van der Waals surface area contributed by atoms with Crippen molar-refractivity contribution < 1.29 is 4.74 Å². The first-order valence-electron chi connectivity index (χ1n) is 7.38. The number of aromatic amines is 1. The van der Waals surface area contributed by atoms with E-state index in [4.69, 9.17) is 4.74 Å². The summed E-state index contributed by atoms with van der Waals surface area (Å²) in [6, 6.07) is 10.1. The molecular formula is C16H21N3O. The summed E-state index contributed by atoms with van der Waals surface area (Å²) in [5, 5.41) is 7.50. The second kappa shape index (κ2) is 6.18. The summed E-state index contributed by atoms with van der Waals surface area (Å²) in [5.74, 6) is 2.30. The molecule has 106 valence electrons. The fourth-order valence-corrected chi connectivity index (χ4v) is 2.98. The predicted octanol–water partition coefficient (Wildman–Crippen LogP) is 3.59. The molecule has 4 nitrogen and oxygen atoms in total. The van der Waals surface area contributed by atoms with Gasteiger partial charge in [0.25, 0.3) is 0 Å². The van der Waals surface area contributed by atoms with E-state index >= 15 is 0 Å². The molecule has 0 amide bonds. The quantitative estimate of drug-likeness (QED) is 0.924. The first kappa shape index (κ1) is 13.3. The summed E-state index contributed by atoms with van der Waals surface area (Å²) in [4.78, 5) is 4.69. The highest BCUT2D eigenvalue weighted by atomic mass is 16.5. The topological polar surface area (TPSA) is 50.8 Å². The zero-order chi connectivity index (χ0) is 13.8. The van der Waals surface area contributed by atoms with Crippen LogP contribution in [0, 0.1) is 0 Å². The Hall–Kier alpha value is -1.68. The van der Waals surface area contributed by atoms with E-state index in [1.165, 1.54) is 32.1 Å². The first-order valence-corrected chi connectivity index (χ1v) is 7.38. The highest BCUT2D eigenvalue weighted by molar-refractivity contribution is 5.23. The Bertz CT molecular complexity index is 532. The van der Waals surface area contributed by atoms with E-state index in [0.717, 1.165) is 17.2 Å². The van der Waals surface area contributed by atoms with Crippen LogP contribution in [0.25, 0.3) is 0 Å². The van der Waals surface area contributed by atoms with Gasteiger partial charge < -0.3 is 4.74 Å². The van der Waals surface area contributed by atoms with Crippen molar-refractivity contribution >= 4 is 0 Å². The molecule has 1 unspecified atom stereocenters. The van der Waals surface area contributed by atoms with E-state index in [1.807, 2.05) is 30.3 Å². The van der Waals surface area contributed by atoms with Crippen molar-refractivity contribution in [3.05, 3.63) is 47.5 Å². The average Bonchev–Trinajstić information content (AvgIpc) is 3.00. The maximum absolute atomic E-state index is 5.58. The number of nitrogens with zero attached hydrogens (tertiary/aromatic N) is 2. The molecule has 1 saturated carbocycles. The van der Waals surface area contributed by atoms with Crippen LogP contribution in [-0.2, 0) is 4.74 Å². The van der Waals surface area contributed by atoms with Gasteiger partial charge in [0.1, 0.15) is 11.9 Å². The summed E-state index contributed by atoms with van der Waals surface area (Å²) in [7, 11) is 1.70. The zero-order valence-electron chi connectivity index (χ0n) is 11.9. The Morgan fingerprint density at radius 2 is 1.90 bits per heavy atom. The van der Waals surface area contributed by atoms with Gasteiger partial charge in [0.15, 0.2) is 5.82 Å². The minimum absolute atomic E-state index is 0.190. The van der Waals surface area contributed by atoms with Gasteiger partial charge in [-0.2, -0.15) is 5.10 Å². The van der Waals surface area contributed by atoms with Crippen molar-refractivity contribution in [2.45, 2.75) is 44.1 Å². The van der Waals surface area contributed by atoms with Crippen molar-refractivity contribution in [1.29, 1.82) is 0 Å². The number of hydrogen-bond donors (Lipinski definition) is 1. The molecule has 1 heterocycles. The van der Waals surface area contributed by atoms with Crippen LogP contribution in [0.2, 0.25) is 0 Å². The third kappa shape index (κ3) is 2.75. The third-order valence-corrected chi connectivity index (χ3v) is 4.08. The summed E-state index contributed by atoms with van der Waals surface area (Å²) in [6.45, 7) is 0. The van der Waals surface area contributed by atoms with Crippen LogP contribution < -0.4 is 0 Å². The molecule has 20 heavy (non-hydrogen) atoms. The smallest absolute Gasteiger partial charge is 0.184 e. The lowest BCUT2D eigenvalue weighted by atomic mass is 9.89. The predicted molar refractivity (Wildman–Crippen MR) is 77.5 cm³/mol. The highest BCUT2D eigenvalue weighted by Gasteiger charge is 2.23. The summed E-state index contributed by atoms with van der Waals surface area (Å²) in [5.41, 5.74) is 1.09. The molecule has 1 atom stereocenters. The van der Waals surface area contributed by atoms with Crippen molar-refractivity contribution in [2.75, 3.05) is 7.11 Å². The van der Waals surface area contributed by atoms with Gasteiger partial charge in [-0.25, -0.2) is 4.98 Å². The van der Waals surface area contributed by atoms with Crippen molar-refractivity contribution in [2.24, 2.45) is 0 Å². The molecule has 0 radical (unpaired) electrons. The van der Waals surface area contributed by atoms with Crippen LogP contribution in [0.15, 0.2) is 30.3 Å². The molecule has 2 aromatic rings. The molecule has 1 aromatic carbocycles. The molecule has 1 aliphatic carbocycles. The molecule has 1 fully saturated rings. The number of methoxy groups -OCH3 is 1. The minimum atomic E-state index is -0.190. The van der Waals surface area contributed by atoms with Gasteiger partial charge in [0, 0.05) is 13.0 Å². The summed E-state index contributed by atoms with van der Waals surface area (Å²) >= 11 is 0. The molecule has 3 rings (SSSR count). The van der Waals surface area contributed by atoms with Gasteiger partial charge in [0.05, 0.1) is 0 Å². The number of ether oxygens (including phenoxy) is 1. The molecule has 0 spiro atoms. The van der Waals surface area contributed by atoms with E-state index < -0.39 is 0 Å². The summed E-state index contributed by atoms with van der Waals surface area (Å²) < 4.78 is 5.58. The van der Waals surface area contributed by atoms with Crippen molar-refractivity contribution in [3.63, 3.8) is 0 Å². The van der Waals surface area contributed by atoms with Crippen molar-refractivity contribution in [1.82, 2.24) is 15.2 Å². The van der Waals surface area contributed by atoms with Crippen LogP contribution >= 0.6 is 0 Å². The van der Waals surface area contributed by atoms with Gasteiger partial charge in [-0.15, -0.1) is 0 Å². The Kier molecular flexibility index (Phi) is 4.11. The van der Waals surface area contributed by atoms with Crippen molar-refractivity contribution in [3.8, 4) is 0 Å². The number of nitrogens with one attached hydrogen (secondary N) is 1. The second-order valence-corrected chi connectivity index (χ2v) is 5.44. The maximum Gasteiger partial charge on any atom is 0.184 e. The molecule has 0 bridgehead atoms.